The summed E-state index contributed by atoms with van der Waals surface area (Å²) in [6, 6.07) is 5.05. The number of likely N-dealkylation sites (N-methyl/N-ethyl adjacent to an activating group) is 1. The van der Waals surface area contributed by atoms with Gasteiger partial charge in [-0.25, -0.2) is 4.39 Å². The number of hydrogen-bond acceptors (Lipinski definition) is 4. The van der Waals surface area contributed by atoms with Gasteiger partial charge in [-0.3, -0.25) is 0 Å². The van der Waals surface area contributed by atoms with Crippen molar-refractivity contribution in [2.45, 2.75) is 39.0 Å². The lowest BCUT2D eigenvalue weighted by molar-refractivity contribution is 0.0694. The van der Waals surface area contributed by atoms with Gasteiger partial charge in [-0.05, 0) is 32.4 Å². The van der Waals surface area contributed by atoms with Crippen LogP contribution in [-0.2, 0) is 11.3 Å². The fraction of sp³-hybridized carbons (Fsp3) is 0.625. The molecule has 0 aliphatic carbocycles. The summed E-state index contributed by atoms with van der Waals surface area (Å²) in [4.78, 5) is 1.73. The fourth-order valence-corrected chi connectivity index (χ4v) is 2.14. The number of para-hydroxylation sites is 1. The average molecular weight is 298 g/mol. The van der Waals surface area contributed by atoms with E-state index < -0.39 is 6.10 Å². The molecule has 1 aromatic rings. The zero-order valence-electron chi connectivity index (χ0n) is 13.6. The van der Waals surface area contributed by atoms with E-state index in [0.717, 1.165) is 5.56 Å². The van der Waals surface area contributed by atoms with Crippen molar-refractivity contribution in [2.75, 3.05) is 32.2 Å². The first-order valence-electron chi connectivity index (χ1n) is 7.15. The van der Waals surface area contributed by atoms with E-state index in [0.29, 0.717) is 18.8 Å². The zero-order valence-corrected chi connectivity index (χ0v) is 13.6. The Hall–Kier alpha value is -1.17. The van der Waals surface area contributed by atoms with Crippen LogP contribution in [0.25, 0.3) is 0 Å². The van der Waals surface area contributed by atoms with Crippen LogP contribution in [0.15, 0.2) is 18.2 Å². The molecule has 0 saturated carbocycles. The monoisotopic (exact) mass is 298 g/mol. The maximum Gasteiger partial charge on any atom is 0.146 e. The predicted octanol–water partition coefficient (Wildman–Crippen LogP) is 2.16. The molecule has 0 amide bonds. The van der Waals surface area contributed by atoms with E-state index >= 15 is 0 Å². The Morgan fingerprint density at radius 2 is 2.05 bits per heavy atom. The quantitative estimate of drug-likeness (QED) is 0.810. The minimum absolute atomic E-state index is 0.0439. The number of benzene rings is 1. The second-order valence-corrected chi connectivity index (χ2v) is 6.34. The van der Waals surface area contributed by atoms with Crippen LogP contribution in [0, 0.1) is 5.82 Å². The van der Waals surface area contributed by atoms with Crippen LogP contribution < -0.4 is 10.2 Å². The first-order chi connectivity index (χ1) is 9.74. The summed E-state index contributed by atoms with van der Waals surface area (Å²) < 4.78 is 19.1. The third-order valence-electron chi connectivity index (χ3n) is 3.10. The molecular weight excluding hydrogens is 271 g/mol. The highest BCUT2D eigenvalue weighted by atomic mass is 19.1. The normalized spacial score (nSPS) is 13.3. The van der Waals surface area contributed by atoms with Gasteiger partial charge in [0.1, 0.15) is 5.82 Å². The molecule has 2 N–H and O–H groups in total. The van der Waals surface area contributed by atoms with Crippen LogP contribution in [0.1, 0.15) is 26.3 Å². The number of ether oxygens (including phenoxy) is 1. The Labute approximate surface area is 126 Å². The Morgan fingerprint density at radius 3 is 2.62 bits per heavy atom. The molecule has 21 heavy (non-hydrogen) atoms. The second-order valence-electron chi connectivity index (χ2n) is 6.34. The van der Waals surface area contributed by atoms with E-state index in [9.17, 15) is 9.50 Å². The minimum atomic E-state index is -0.650. The van der Waals surface area contributed by atoms with Gasteiger partial charge >= 0.3 is 0 Å². The molecule has 0 aliphatic heterocycles. The van der Waals surface area contributed by atoms with Gasteiger partial charge in [0, 0.05) is 32.8 Å². The van der Waals surface area contributed by atoms with Gasteiger partial charge < -0.3 is 20.1 Å². The maximum absolute atomic E-state index is 14.2. The molecule has 0 aromatic heterocycles. The molecule has 0 saturated heterocycles. The van der Waals surface area contributed by atoms with Crippen molar-refractivity contribution in [3.63, 3.8) is 0 Å². The lowest BCUT2D eigenvalue weighted by Crippen LogP contribution is -2.37. The maximum atomic E-state index is 14.2. The standard InChI is InChI=1S/C16H27FN2O2/c1-16(2,3)18-9-12-7-6-8-14(17)15(12)19(4)10-13(20)11-21-5/h6-8,13,18,20H,9-11H2,1-5H3. The summed E-state index contributed by atoms with van der Waals surface area (Å²) in [5.41, 5.74) is 1.35. The molecular formula is C16H27FN2O2. The molecule has 4 nitrogen and oxygen atoms in total. The van der Waals surface area contributed by atoms with Crippen LogP contribution >= 0.6 is 0 Å². The highest BCUT2D eigenvalue weighted by molar-refractivity contribution is 5.54. The summed E-state index contributed by atoms with van der Waals surface area (Å²) in [5.74, 6) is -0.282. The van der Waals surface area contributed by atoms with E-state index in [1.807, 2.05) is 6.07 Å². The van der Waals surface area contributed by atoms with Gasteiger partial charge in [0.05, 0.1) is 18.4 Å². The van der Waals surface area contributed by atoms with Gasteiger partial charge in [-0.15, -0.1) is 0 Å². The van der Waals surface area contributed by atoms with E-state index in [-0.39, 0.29) is 18.0 Å². The number of anilines is 1. The molecule has 0 spiro atoms. The van der Waals surface area contributed by atoms with Crippen LogP contribution in [0.2, 0.25) is 0 Å². The van der Waals surface area contributed by atoms with Crippen molar-refractivity contribution < 1.29 is 14.2 Å². The Bertz CT molecular complexity index is 446. The van der Waals surface area contributed by atoms with Crippen molar-refractivity contribution in [1.82, 2.24) is 5.32 Å². The second kappa shape index (κ2) is 7.73. The molecule has 1 atom stereocenters. The molecule has 0 heterocycles. The van der Waals surface area contributed by atoms with E-state index in [1.54, 1.807) is 18.0 Å². The number of methoxy groups -OCH3 is 1. The van der Waals surface area contributed by atoms with Crippen molar-refractivity contribution in [3.05, 3.63) is 29.6 Å². The number of rotatable bonds is 7. The SMILES string of the molecule is COCC(O)CN(C)c1c(F)cccc1CNC(C)(C)C. The molecule has 0 fully saturated rings. The van der Waals surface area contributed by atoms with Gasteiger partial charge in [0.15, 0.2) is 0 Å². The molecule has 1 aromatic carbocycles. The molecule has 5 heteroatoms. The van der Waals surface area contributed by atoms with Crippen LogP contribution in [0.4, 0.5) is 10.1 Å². The molecule has 1 unspecified atom stereocenters. The van der Waals surface area contributed by atoms with E-state index in [2.05, 4.69) is 26.1 Å². The molecule has 1 rings (SSSR count). The highest BCUT2D eigenvalue weighted by Gasteiger charge is 2.17. The Kier molecular flexibility index (Phi) is 6.58. The van der Waals surface area contributed by atoms with Gasteiger partial charge in [0.25, 0.3) is 0 Å². The van der Waals surface area contributed by atoms with Crippen LogP contribution in [0.3, 0.4) is 0 Å². The molecule has 0 bridgehead atoms. The van der Waals surface area contributed by atoms with Crippen molar-refractivity contribution in [3.8, 4) is 0 Å². The number of hydrogen-bond donors (Lipinski definition) is 2. The summed E-state index contributed by atoms with van der Waals surface area (Å²) in [6.07, 6.45) is -0.650. The van der Waals surface area contributed by atoms with Crippen LogP contribution in [-0.4, -0.2) is 44.1 Å². The summed E-state index contributed by atoms with van der Waals surface area (Å²) >= 11 is 0. The number of halogens is 1. The smallest absolute Gasteiger partial charge is 0.146 e. The molecule has 120 valence electrons. The summed E-state index contributed by atoms with van der Waals surface area (Å²) in [7, 11) is 3.31. The van der Waals surface area contributed by atoms with Crippen molar-refractivity contribution in [1.29, 1.82) is 0 Å². The largest absolute Gasteiger partial charge is 0.389 e. The number of nitrogens with one attached hydrogen (secondary N) is 1. The van der Waals surface area contributed by atoms with Gasteiger partial charge in [0.2, 0.25) is 0 Å². The first kappa shape index (κ1) is 17.9. The zero-order chi connectivity index (χ0) is 16.0. The summed E-state index contributed by atoms with van der Waals surface area (Å²) in [5, 5.41) is 13.2. The predicted molar refractivity (Wildman–Crippen MR) is 84.1 cm³/mol. The molecule has 0 aliphatic rings. The number of aliphatic hydroxyl groups excluding tert-OH is 1. The van der Waals surface area contributed by atoms with E-state index in [1.165, 1.54) is 13.2 Å². The van der Waals surface area contributed by atoms with Crippen molar-refractivity contribution >= 4 is 5.69 Å². The average Bonchev–Trinajstić information content (AvgIpc) is 2.35. The third-order valence-corrected chi connectivity index (χ3v) is 3.10. The Balaban J connectivity index is 2.88. The fourth-order valence-electron chi connectivity index (χ4n) is 2.14. The minimum Gasteiger partial charge on any atom is -0.389 e. The summed E-state index contributed by atoms with van der Waals surface area (Å²) in [6.45, 7) is 7.32. The third kappa shape index (κ3) is 5.99. The van der Waals surface area contributed by atoms with Crippen LogP contribution in [0.5, 0.6) is 0 Å². The van der Waals surface area contributed by atoms with E-state index in [4.69, 9.17) is 4.74 Å². The first-order valence-corrected chi connectivity index (χ1v) is 7.15. The number of nitrogens with zero attached hydrogens (tertiary/aromatic N) is 1. The number of aliphatic hydroxyl groups is 1. The lowest BCUT2D eigenvalue weighted by Gasteiger charge is -2.27. The highest BCUT2D eigenvalue weighted by Crippen LogP contribution is 2.24. The van der Waals surface area contributed by atoms with Gasteiger partial charge in [-0.2, -0.15) is 0 Å². The topological polar surface area (TPSA) is 44.7 Å². The van der Waals surface area contributed by atoms with Gasteiger partial charge in [-0.1, -0.05) is 12.1 Å². The Morgan fingerprint density at radius 1 is 1.38 bits per heavy atom. The van der Waals surface area contributed by atoms with Crippen molar-refractivity contribution in [2.24, 2.45) is 0 Å². The lowest BCUT2D eigenvalue weighted by atomic mass is 10.1. The molecule has 0 radical (unpaired) electrons.